The number of fused-ring (bicyclic) bond motifs is 1. The first kappa shape index (κ1) is 25.3. The van der Waals surface area contributed by atoms with E-state index in [1.54, 1.807) is 23.8 Å². The van der Waals surface area contributed by atoms with Crippen LogP contribution >= 0.6 is 0 Å². The van der Waals surface area contributed by atoms with Crippen LogP contribution in [-0.2, 0) is 17.7 Å². The molecule has 0 saturated heterocycles. The Morgan fingerprint density at radius 2 is 1.78 bits per heavy atom. The van der Waals surface area contributed by atoms with Crippen LogP contribution in [0.3, 0.4) is 0 Å². The van der Waals surface area contributed by atoms with Crippen molar-refractivity contribution in [2.45, 2.75) is 39.2 Å². The van der Waals surface area contributed by atoms with Crippen molar-refractivity contribution in [3.05, 3.63) is 111 Å². The fourth-order valence-electron chi connectivity index (χ4n) is 4.22. The summed E-state index contributed by atoms with van der Waals surface area (Å²) in [6, 6.07) is 23.3. The lowest BCUT2D eigenvalue weighted by atomic mass is 9.99. The molecule has 0 unspecified atom stereocenters. The highest BCUT2D eigenvalue weighted by Gasteiger charge is 2.13. The monoisotopic (exact) mass is 483 g/mol. The van der Waals surface area contributed by atoms with Crippen LogP contribution in [-0.4, -0.2) is 35.7 Å². The maximum Gasteiger partial charge on any atom is 0.261 e. The van der Waals surface area contributed by atoms with E-state index in [0.29, 0.717) is 48.5 Å². The zero-order valence-corrected chi connectivity index (χ0v) is 21.2. The Balaban J connectivity index is 1.62. The van der Waals surface area contributed by atoms with Gasteiger partial charge in [0, 0.05) is 32.2 Å². The van der Waals surface area contributed by atoms with Crippen molar-refractivity contribution in [1.82, 2.24) is 14.9 Å². The molecule has 6 heteroatoms. The van der Waals surface area contributed by atoms with E-state index in [1.165, 1.54) is 5.56 Å². The zero-order chi connectivity index (χ0) is 25.5. The third-order valence-corrected chi connectivity index (χ3v) is 6.29. The summed E-state index contributed by atoms with van der Waals surface area (Å²) in [6.07, 6.45) is 1.32. The van der Waals surface area contributed by atoms with Gasteiger partial charge in [-0.3, -0.25) is 14.2 Å². The summed E-state index contributed by atoms with van der Waals surface area (Å²) in [5.74, 6) is 1.03. The maximum atomic E-state index is 13.5. The molecule has 1 heterocycles. The van der Waals surface area contributed by atoms with Crippen LogP contribution in [0.1, 0.15) is 59.1 Å². The smallest absolute Gasteiger partial charge is 0.261 e. The van der Waals surface area contributed by atoms with Crippen LogP contribution in [0.2, 0.25) is 0 Å². The van der Waals surface area contributed by atoms with E-state index in [1.807, 2.05) is 36.4 Å². The Hall–Kier alpha value is -3.77. The zero-order valence-electron chi connectivity index (χ0n) is 21.2. The number of rotatable bonds is 10. The lowest BCUT2D eigenvalue weighted by Crippen LogP contribution is -2.26. The Labute approximate surface area is 212 Å². The number of methoxy groups -OCH3 is 1. The molecule has 4 rings (SSSR count). The summed E-state index contributed by atoms with van der Waals surface area (Å²) in [7, 11) is 1.64. The minimum absolute atomic E-state index is 0.0597. The topological polar surface area (TPSA) is 73.2 Å². The molecule has 186 valence electrons. The van der Waals surface area contributed by atoms with Crippen molar-refractivity contribution in [1.29, 1.82) is 0 Å². The summed E-state index contributed by atoms with van der Waals surface area (Å²) in [5.41, 5.74) is 4.55. The van der Waals surface area contributed by atoms with E-state index in [2.05, 4.69) is 43.4 Å². The van der Waals surface area contributed by atoms with Crippen molar-refractivity contribution < 1.29 is 9.53 Å². The van der Waals surface area contributed by atoms with Crippen molar-refractivity contribution in [3.63, 3.8) is 0 Å². The molecule has 0 bridgehead atoms. The van der Waals surface area contributed by atoms with E-state index < -0.39 is 0 Å². The maximum absolute atomic E-state index is 13.5. The summed E-state index contributed by atoms with van der Waals surface area (Å²) >= 11 is 0. The van der Waals surface area contributed by atoms with Crippen LogP contribution in [0.4, 0.5) is 0 Å². The van der Waals surface area contributed by atoms with Gasteiger partial charge in [-0.25, -0.2) is 4.98 Å². The minimum Gasteiger partial charge on any atom is -0.385 e. The molecule has 0 spiro atoms. The molecule has 0 atom stereocenters. The average molecular weight is 484 g/mol. The fourth-order valence-corrected chi connectivity index (χ4v) is 4.22. The van der Waals surface area contributed by atoms with Gasteiger partial charge in [0.25, 0.3) is 11.5 Å². The number of aromatic nitrogens is 2. The number of hydrogen-bond donors (Lipinski definition) is 1. The minimum atomic E-state index is -0.118. The molecular weight excluding hydrogens is 450 g/mol. The van der Waals surface area contributed by atoms with Crippen molar-refractivity contribution in [2.75, 3.05) is 20.3 Å². The van der Waals surface area contributed by atoms with Crippen LogP contribution in [0.5, 0.6) is 0 Å². The van der Waals surface area contributed by atoms with Gasteiger partial charge < -0.3 is 10.1 Å². The van der Waals surface area contributed by atoms with Crippen LogP contribution in [0, 0.1) is 0 Å². The van der Waals surface area contributed by atoms with Crippen LogP contribution in [0.15, 0.2) is 77.6 Å². The van der Waals surface area contributed by atoms with Gasteiger partial charge in [-0.2, -0.15) is 0 Å². The first-order valence-corrected chi connectivity index (χ1v) is 12.4. The first-order valence-electron chi connectivity index (χ1n) is 12.4. The van der Waals surface area contributed by atoms with E-state index in [4.69, 9.17) is 9.72 Å². The van der Waals surface area contributed by atoms with Gasteiger partial charge in [-0.05, 0) is 53.3 Å². The second-order valence-corrected chi connectivity index (χ2v) is 9.31. The van der Waals surface area contributed by atoms with Crippen molar-refractivity contribution in [3.8, 4) is 0 Å². The van der Waals surface area contributed by atoms with Crippen molar-refractivity contribution in [2.24, 2.45) is 0 Å². The number of benzene rings is 3. The van der Waals surface area contributed by atoms with Gasteiger partial charge in [0.1, 0.15) is 5.82 Å². The third-order valence-electron chi connectivity index (χ3n) is 6.29. The number of amides is 1. The molecule has 1 amide bonds. The number of nitrogens with zero attached hydrogens (tertiary/aromatic N) is 2. The summed E-state index contributed by atoms with van der Waals surface area (Å²) in [5, 5.41) is 3.50. The first-order chi connectivity index (χ1) is 17.5. The van der Waals surface area contributed by atoms with Gasteiger partial charge in [-0.15, -0.1) is 0 Å². The Morgan fingerprint density at radius 1 is 1.00 bits per heavy atom. The largest absolute Gasteiger partial charge is 0.385 e. The van der Waals surface area contributed by atoms with Crippen LogP contribution < -0.4 is 10.9 Å². The normalized spacial score (nSPS) is 11.2. The predicted octanol–water partition coefficient (Wildman–Crippen LogP) is 4.93. The number of ether oxygens (including phenoxy) is 1. The molecule has 1 N–H and O–H groups in total. The number of carbonyl (C=O) groups excluding carboxylic acids is 1. The van der Waals surface area contributed by atoms with Gasteiger partial charge >= 0.3 is 0 Å². The summed E-state index contributed by atoms with van der Waals surface area (Å²) < 4.78 is 6.77. The van der Waals surface area contributed by atoms with E-state index in [0.717, 1.165) is 23.4 Å². The number of para-hydroxylation sites is 1. The van der Waals surface area contributed by atoms with Gasteiger partial charge in [0.05, 0.1) is 17.4 Å². The molecule has 1 aromatic heterocycles. The highest BCUT2D eigenvalue weighted by molar-refractivity contribution is 5.94. The highest BCUT2D eigenvalue weighted by Crippen LogP contribution is 2.19. The number of hydrogen-bond acceptors (Lipinski definition) is 4. The molecule has 0 aliphatic carbocycles. The van der Waals surface area contributed by atoms with Gasteiger partial charge in [0.2, 0.25) is 0 Å². The molecular formula is C30H33N3O3. The quantitative estimate of drug-likeness (QED) is 0.325. The van der Waals surface area contributed by atoms with E-state index in [-0.39, 0.29) is 11.5 Å². The second kappa shape index (κ2) is 11.8. The molecule has 36 heavy (non-hydrogen) atoms. The van der Waals surface area contributed by atoms with E-state index in [9.17, 15) is 9.59 Å². The third kappa shape index (κ3) is 6.07. The molecule has 0 aliphatic heterocycles. The number of nitrogens with one attached hydrogen (secondary N) is 1. The highest BCUT2D eigenvalue weighted by atomic mass is 16.5. The van der Waals surface area contributed by atoms with Crippen molar-refractivity contribution >= 4 is 16.8 Å². The van der Waals surface area contributed by atoms with E-state index >= 15 is 0 Å². The van der Waals surface area contributed by atoms with Gasteiger partial charge in [-0.1, -0.05) is 62.4 Å². The molecule has 0 fully saturated rings. The molecule has 0 radical (unpaired) electrons. The average Bonchev–Trinajstić information content (AvgIpc) is 2.89. The lowest BCUT2D eigenvalue weighted by molar-refractivity contribution is 0.0948. The Bertz CT molecular complexity index is 1390. The lowest BCUT2D eigenvalue weighted by Gasteiger charge is -2.15. The molecule has 4 aromatic rings. The molecule has 3 aromatic carbocycles. The molecule has 0 aliphatic rings. The molecule has 6 nitrogen and oxygen atoms in total. The molecule has 0 saturated carbocycles. The summed E-state index contributed by atoms with van der Waals surface area (Å²) in [6.45, 7) is 5.90. The Morgan fingerprint density at radius 3 is 2.53 bits per heavy atom. The van der Waals surface area contributed by atoms with Gasteiger partial charge in [0.15, 0.2) is 0 Å². The number of carbonyl (C=O) groups is 1. The summed E-state index contributed by atoms with van der Waals surface area (Å²) in [4.78, 5) is 30.8. The predicted molar refractivity (Wildman–Crippen MR) is 144 cm³/mol. The second-order valence-electron chi connectivity index (χ2n) is 9.31. The SMILES string of the molecule is COCCCNC(=O)c1ccc(Cn2c(Cc3cccc(C(C)C)c3)nc3ccccc3c2=O)cc1. The standard InChI is InChI=1S/C30H33N3O3/c1-21(2)25-9-6-8-23(18-25)19-28-32-27-11-5-4-10-26(27)30(35)33(28)20-22-12-14-24(15-13-22)29(34)31-16-7-17-36-3/h4-6,8-15,18,21H,7,16-17,19-20H2,1-3H3,(H,31,34). The fraction of sp³-hybridized carbons (Fsp3) is 0.300. The van der Waals surface area contributed by atoms with Crippen LogP contribution in [0.25, 0.3) is 10.9 Å². The Kier molecular flexibility index (Phi) is 8.28.